The summed E-state index contributed by atoms with van der Waals surface area (Å²) in [7, 11) is 0. The summed E-state index contributed by atoms with van der Waals surface area (Å²) < 4.78 is 16.1. The number of benzene rings is 1. The van der Waals surface area contributed by atoms with Gasteiger partial charge in [-0.3, -0.25) is 4.79 Å². The molecule has 1 fully saturated rings. The van der Waals surface area contributed by atoms with Crippen molar-refractivity contribution in [3.8, 4) is 5.75 Å². The van der Waals surface area contributed by atoms with E-state index in [1.165, 1.54) is 0 Å². The number of esters is 1. The Morgan fingerprint density at radius 2 is 1.77 bits per heavy atom. The second-order valence-corrected chi connectivity index (χ2v) is 8.09. The Morgan fingerprint density at radius 1 is 1.10 bits per heavy atom. The molecule has 0 saturated carbocycles. The molecule has 10 nitrogen and oxygen atoms in total. The predicted molar refractivity (Wildman–Crippen MR) is 108 cm³/mol. The molecule has 0 amide bonds. The van der Waals surface area contributed by atoms with E-state index in [9.17, 15) is 30.0 Å². The number of hydrogen-bond donors (Lipinski definition) is 5. The van der Waals surface area contributed by atoms with Gasteiger partial charge in [0.1, 0.15) is 30.7 Å². The van der Waals surface area contributed by atoms with E-state index in [4.69, 9.17) is 14.2 Å². The van der Waals surface area contributed by atoms with Crippen LogP contribution in [0.4, 0.5) is 0 Å². The molecule has 31 heavy (non-hydrogen) atoms. The molecule has 0 unspecified atom stereocenters. The van der Waals surface area contributed by atoms with Gasteiger partial charge in [0.25, 0.3) is 0 Å². The Labute approximate surface area is 180 Å². The summed E-state index contributed by atoms with van der Waals surface area (Å²) in [6.45, 7) is 7.83. The van der Waals surface area contributed by atoms with Crippen LogP contribution in [0.3, 0.4) is 0 Å². The quantitative estimate of drug-likeness (QED) is 0.335. The largest absolute Gasteiger partial charge is 0.479 e. The third-order valence-corrected chi connectivity index (χ3v) is 4.73. The molecule has 5 atom stereocenters. The lowest BCUT2D eigenvalue weighted by atomic mass is 9.99. The molecule has 1 aromatic rings. The third-order valence-electron chi connectivity index (χ3n) is 4.73. The SMILES string of the molecule is CC(C)NCc1cc(COC(=O)C(C)C)ccc1O[C@@H]1O[C@H](C(=O)O)[C@@H](O)[C@H](O)[C@H]1O. The highest BCUT2D eigenvalue weighted by molar-refractivity contribution is 5.73. The first-order valence-corrected chi connectivity index (χ1v) is 10.1. The molecule has 0 radical (unpaired) electrons. The molecular formula is C21H31NO9. The maximum Gasteiger partial charge on any atom is 0.335 e. The predicted octanol–water partition coefficient (Wildman–Crippen LogP) is 0.155. The summed E-state index contributed by atoms with van der Waals surface area (Å²) in [4.78, 5) is 23.0. The monoisotopic (exact) mass is 441 g/mol. The van der Waals surface area contributed by atoms with Gasteiger partial charge in [-0.05, 0) is 17.7 Å². The lowest BCUT2D eigenvalue weighted by Gasteiger charge is -2.38. The van der Waals surface area contributed by atoms with E-state index in [1.807, 2.05) is 13.8 Å². The van der Waals surface area contributed by atoms with Crippen molar-refractivity contribution >= 4 is 11.9 Å². The molecule has 1 aliphatic heterocycles. The smallest absolute Gasteiger partial charge is 0.335 e. The van der Waals surface area contributed by atoms with Crippen LogP contribution in [0.1, 0.15) is 38.8 Å². The van der Waals surface area contributed by atoms with E-state index in [0.29, 0.717) is 17.7 Å². The van der Waals surface area contributed by atoms with E-state index in [0.717, 1.165) is 0 Å². The third kappa shape index (κ3) is 6.62. The molecular weight excluding hydrogens is 410 g/mol. The lowest BCUT2D eigenvalue weighted by molar-refractivity contribution is -0.271. The fourth-order valence-electron chi connectivity index (χ4n) is 2.89. The number of carbonyl (C=O) groups is 2. The van der Waals surface area contributed by atoms with Crippen molar-refractivity contribution in [2.75, 3.05) is 0 Å². The van der Waals surface area contributed by atoms with Crippen molar-refractivity contribution in [2.45, 2.75) is 77.6 Å². The number of carboxylic acids is 1. The summed E-state index contributed by atoms with van der Waals surface area (Å²) in [5, 5.41) is 42.4. The zero-order valence-electron chi connectivity index (χ0n) is 18.0. The summed E-state index contributed by atoms with van der Waals surface area (Å²) >= 11 is 0. The van der Waals surface area contributed by atoms with Gasteiger partial charge < -0.3 is 40.0 Å². The van der Waals surface area contributed by atoms with Gasteiger partial charge in [-0.2, -0.15) is 0 Å². The highest BCUT2D eigenvalue weighted by Gasteiger charge is 2.48. The molecule has 1 aliphatic rings. The van der Waals surface area contributed by atoms with E-state index >= 15 is 0 Å². The second-order valence-electron chi connectivity index (χ2n) is 8.09. The maximum atomic E-state index is 11.7. The topological polar surface area (TPSA) is 155 Å². The van der Waals surface area contributed by atoms with Crippen LogP contribution in [0.5, 0.6) is 5.75 Å². The molecule has 1 aromatic carbocycles. The molecule has 0 aliphatic carbocycles. The van der Waals surface area contributed by atoms with Gasteiger partial charge in [-0.15, -0.1) is 0 Å². The van der Waals surface area contributed by atoms with Crippen LogP contribution in [-0.4, -0.2) is 69.1 Å². The zero-order chi connectivity index (χ0) is 23.3. The molecule has 2 rings (SSSR count). The average molecular weight is 441 g/mol. The Kier molecular flexibility index (Phi) is 8.78. The van der Waals surface area contributed by atoms with Crippen LogP contribution in [0, 0.1) is 5.92 Å². The number of aliphatic carboxylic acids is 1. The van der Waals surface area contributed by atoms with Gasteiger partial charge in [0.2, 0.25) is 6.29 Å². The van der Waals surface area contributed by atoms with Crippen LogP contribution >= 0.6 is 0 Å². The fourth-order valence-corrected chi connectivity index (χ4v) is 2.89. The average Bonchev–Trinajstić information content (AvgIpc) is 2.71. The minimum absolute atomic E-state index is 0.0700. The molecule has 1 heterocycles. The van der Waals surface area contributed by atoms with E-state index in [2.05, 4.69) is 5.32 Å². The molecule has 174 valence electrons. The van der Waals surface area contributed by atoms with Gasteiger partial charge in [-0.1, -0.05) is 33.8 Å². The Bertz CT molecular complexity index is 767. The number of rotatable bonds is 9. The molecule has 5 N–H and O–H groups in total. The molecule has 0 bridgehead atoms. The summed E-state index contributed by atoms with van der Waals surface area (Å²) in [5.74, 6) is -1.79. The molecule has 0 aromatic heterocycles. The van der Waals surface area contributed by atoms with Crippen LogP contribution in [0.15, 0.2) is 18.2 Å². The van der Waals surface area contributed by atoms with Crippen molar-refractivity contribution in [3.05, 3.63) is 29.3 Å². The highest BCUT2D eigenvalue weighted by atomic mass is 16.7. The first-order chi connectivity index (χ1) is 14.5. The van der Waals surface area contributed by atoms with Gasteiger partial charge in [0.15, 0.2) is 6.10 Å². The normalized spacial score (nSPS) is 26.2. The number of carbonyl (C=O) groups excluding carboxylic acids is 1. The Morgan fingerprint density at radius 3 is 2.35 bits per heavy atom. The Hall–Kier alpha value is -2.24. The Balaban J connectivity index is 2.22. The zero-order valence-corrected chi connectivity index (χ0v) is 18.0. The van der Waals surface area contributed by atoms with Crippen LogP contribution < -0.4 is 10.1 Å². The maximum absolute atomic E-state index is 11.7. The lowest BCUT2D eigenvalue weighted by Crippen LogP contribution is -2.61. The molecule has 10 heteroatoms. The fraction of sp³-hybridized carbons (Fsp3) is 0.619. The first kappa shape index (κ1) is 25.0. The van der Waals surface area contributed by atoms with Gasteiger partial charge in [-0.25, -0.2) is 4.79 Å². The van der Waals surface area contributed by atoms with Crippen LogP contribution in [0.2, 0.25) is 0 Å². The van der Waals surface area contributed by atoms with E-state index < -0.39 is 36.7 Å². The number of nitrogens with one attached hydrogen (secondary N) is 1. The van der Waals surface area contributed by atoms with Gasteiger partial charge in [0, 0.05) is 18.2 Å². The summed E-state index contributed by atoms with van der Waals surface area (Å²) in [6.07, 6.45) is -8.49. The molecule has 1 saturated heterocycles. The van der Waals surface area contributed by atoms with Crippen molar-refractivity contribution < 1.29 is 44.2 Å². The highest BCUT2D eigenvalue weighted by Crippen LogP contribution is 2.28. The first-order valence-electron chi connectivity index (χ1n) is 10.1. The summed E-state index contributed by atoms with van der Waals surface area (Å²) in [6, 6.07) is 5.16. The minimum atomic E-state index is -1.80. The van der Waals surface area contributed by atoms with Crippen molar-refractivity contribution in [3.63, 3.8) is 0 Å². The van der Waals surface area contributed by atoms with Crippen molar-refractivity contribution in [1.29, 1.82) is 0 Å². The van der Waals surface area contributed by atoms with Crippen LogP contribution in [-0.2, 0) is 32.2 Å². The number of carboxylic acid groups (broad SMARTS) is 1. The number of hydrogen-bond acceptors (Lipinski definition) is 9. The molecule has 0 spiro atoms. The second kappa shape index (κ2) is 10.9. The standard InChI is InChI=1S/C21H31NO9/c1-10(2)20(28)29-9-12-5-6-14(13(7-12)8-22-11(3)4)30-21-17(25)15(23)16(24)18(31-21)19(26)27/h5-7,10-11,15-18,21-25H,8-9H2,1-4H3,(H,26,27)/t15-,16-,17+,18-,21+/m0/s1. The number of aliphatic hydroxyl groups excluding tert-OH is 3. The van der Waals surface area contributed by atoms with E-state index in [-0.39, 0.29) is 30.3 Å². The van der Waals surface area contributed by atoms with Gasteiger partial charge >= 0.3 is 11.9 Å². The summed E-state index contributed by atoms with van der Waals surface area (Å²) in [5.41, 5.74) is 1.36. The number of aliphatic hydroxyl groups is 3. The van der Waals surface area contributed by atoms with Crippen molar-refractivity contribution in [1.82, 2.24) is 5.32 Å². The van der Waals surface area contributed by atoms with Gasteiger partial charge in [0.05, 0.1) is 5.92 Å². The van der Waals surface area contributed by atoms with E-state index in [1.54, 1.807) is 32.0 Å². The van der Waals surface area contributed by atoms with Crippen LogP contribution in [0.25, 0.3) is 0 Å². The van der Waals surface area contributed by atoms with Crippen molar-refractivity contribution in [2.24, 2.45) is 5.92 Å². The minimum Gasteiger partial charge on any atom is -0.479 e. The number of ether oxygens (including phenoxy) is 3.